The second kappa shape index (κ2) is 7.09. The van der Waals surface area contributed by atoms with E-state index in [1.54, 1.807) is 16.3 Å². The average molecular weight is 393 g/mol. The topological polar surface area (TPSA) is 66.9 Å². The monoisotopic (exact) mass is 392 g/mol. The number of nitrogens with zero attached hydrogens (tertiary/aromatic N) is 2. The summed E-state index contributed by atoms with van der Waals surface area (Å²) in [4.78, 5) is 14.9. The van der Waals surface area contributed by atoms with Crippen LogP contribution in [-0.2, 0) is 26.0 Å². The van der Waals surface area contributed by atoms with Crippen molar-refractivity contribution < 1.29 is 17.9 Å². The van der Waals surface area contributed by atoms with Gasteiger partial charge in [0.2, 0.25) is 15.9 Å². The molecule has 1 saturated heterocycles. The minimum Gasteiger partial charge on any atom is -0.384 e. The molecule has 2 aliphatic heterocycles. The zero-order valence-corrected chi connectivity index (χ0v) is 16.7. The van der Waals surface area contributed by atoms with Gasteiger partial charge in [0.05, 0.1) is 23.0 Å². The van der Waals surface area contributed by atoms with Crippen LogP contribution >= 0.6 is 0 Å². The maximum atomic E-state index is 13.3. The second-order valence-corrected chi connectivity index (χ2v) is 10.2. The lowest BCUT2D eigenvalue weighted by Crippen LogP contribution is -2.56. The molecular formula is C20H28N2O4S. The van der Waals surface area contributed by atoms with Crippen molar-refractivity contribution in [2.24, 2.45) is 5.41 Å². The van der Waals surface area contributed by atoms with Gasteiger partial charge in [-0.15, -0.1) is 0 Å². The molecular weight excluding hydrogens is 364 g/mol. The van der Waals surface area contributed by atoms with Crippen molar-refractivity contribution >= 4 is 21.6 Å². The lowest BCUT2D eigenvalue weighted by Gasteiger charge is -2.45. The number of hydrogen-bond donors (Lipinski definition) is 0. The molecule has 148 valence electrons. The van der Waals surface area contributed by atoms with Crippen molar-refractivity contribution in [3.63, 3.8) is 0 Å². The largest absolute Gasteiger partial charge is 0.384 e. The van der Waals surface area contributed by atoms with E-state index in [0.29, 0.717) is 32.7 Å². The number of sulfonamides is 1. The van der Waals surface area contributed by atoms with E-state index in [1.807, 2.05) is 24.3 Å². The van der Waals surface area contributed by atoms with Gasteiger partial charge < -0.3 is 9.64 Å². The smallest absolute Gasteiger partial charge is 0.239 e. The van der Waals surface area contributed by atoms with Gasteiger partial charge in [-0.2, -0.15) is 0 Å². The number of carbonyl (C=O) groups excluding carboxylic acids is 1. The Hall–Kier alpha value is -1.60. The third-order valence-electron chi connectivity index (χ3n) is 6.42. The summed E-state index contributed by atoms with van der Waals surface area (Å²) in [5.74, 6) is 0.0809. The summed E-state index contributed by atoms with van der Waals surface area (Å²) in [7, 11) is -1.85. The van der Waals surface area contributed by atoms with Gasteiger partial charge in [-0.05, 0) is 43.7 Å². The molecule has 1 atom stereocenters. The van der Waals surface area contributed by atoms with E-state index in [0.717, 1.165) is 43.4 Å². The summed E-state index contributed by atoms with van der Waals surface area (Å²) in [6, 6.07) is 7.71. The van der Waals surface area contributed by atoms with Crippen LogP contribution in [0.3, 0.4) is 0 Å². The van der Waals surface area contributed by atoms with E-state index in [4.69, 9.17) is 4.74 Å². The molecule has 27 heavy (non-hydrogen) atoms. The first-order valence-corrected chi connectivity index (χ1v) is 11.4. The third-order valence-corrected chi connectivity index (χ3v) is 8.64. The standard InChI is InChI=1S/C20H28N2O4S/c1-26-15-20(10-5-11-20)19(23)21-12-4-7-17(14-21)27(24,25)22-13-9-16-6-2-3-8-18(16)22/h2-3,6,8,17H,4-5,7,9-15H2,1H3. The Balaban J connectivity index is 1.52. The fourth-order valence-corrected chi connectivity index (χ4v) is 6.74. The van der Waals surface area contributed by atoms with Crippen LogP contribution in [0, 0.1) is 5.41 Å². The first kappa shape index (κ1) is 18.7. The zero-order valence-electron chi connectivity index (χ0n) is 15.9. The van der Waals surface area contributed by atoms with Crippen molar-refractivity contribution in [2.45, 2.75) is 43.8 Å². The molecule has 1 amide bonds. The van der Waals surface area contributed by atoms with Crippen LogP contribution in [0.15, 0.2) is 24.3 Å². The summed E-state index contributed by atoms with van der Waals surface area (Å²) in [5.41, 5.74) is 1.45. The van der Waals surface area contributed by atoms with Gasteiger partial charge in [-0.25, -0.2) is 8.42 Å². The van der Waals surface area contributed by atoms with Crippen LogP contribution in [-0.4, -0.2) is 57.8 Å². The number of carbonyl (C=O) groups is 1. The van der Waals surface area contributed by atoms with Gasteiger partial charge in [-0.3, -0.25) is 9.10 Å². The van der Waals surface area contributed by atoms with E-state index < -0.39 is 20.7 Å². The molecule has 4 rings (SSSR count). The van der Waals surface area contributed by atoms with Crippen molar-refractivity contribution in [3.05, 3.63) is 29.8 Å². The molecule has 6 nitrogen and oxygen atoms in total. The maximum absolute atomic E-state index is 13.3. The summed E-state index contributed by atoms with van der Waals surface area (Å²) < 4.78 is 33.5. The van der Waals surface area contributed by atoms with Crippen molar-refractivity contribution in [1.29, 1.82) is 0 Å². The van der Waals surface area contributed by atoms with Crippen molar-refractivity contribution in [3.8, 4) is 0 Å². The molecule has 7 heteroatoms. The summed E-state index contributed by atoms with van der Waals surface area (Å²) in [6.45, 7) is 1.87. The fraction of sp³-hybridized carbons (Fsp3) is 0.650. The predicted octanol–water partition coefficient (Wildman–Crippen LogP) is 2.19. The molecule has 2 fully saturated rings. The van der Waals surface area contributed by atoms with Gasteiger partial charge >= 0.3 is 0 Å². The van der Waals surface area contributed by atoms with Gasteiger partial charge in [0.25, 0.3) is 0 Å². The highest BCUT2D eigenvalue weighted by molar-refractivity contribution is 7.93. The third kappa shape index (κ3) is 3.14. The second-order valence-electron chi connectivity index (χ2n) is 8.08. The minimum absolute atomic E-state index is 0.0809. The lowest BCUT2D eigenvalue weighted by atomic mass is 9.68. The fourth-order valence-electron chi connectivity index (χ4n) is 4.75. The highest BCUT2D eigenvalue weighted by atomic mass is 32.2. The Kier molecular flexibility index (Phi) is 4.93. The number of para-hydroxylation sites is 1. The van der Waals surface area contributed by atoms with E-state index in [-0.39, 0.29) is 5.91 Å². The van der Waals surface area contributed by atoms with E-state index in [9.17, 15) is 13.2 Å². The van der Waals surface area contributed by atoms with Crippen LogP contribution in [0.25, 0.3) is 0 Å². The Labute approximate surface area is 161 Å². The first-order valence-electron chi connectivity index (χ1n) is 9.86. The number of benzene rings is 1. The number of piperidine rings is 1. The lowest BCUT2D eigenvalue weighted by molar-refractivity contribution is -0.153. The molecule has 0 bridgehead atoms. The molecule has 3 aliphatic rings. The van der Waals surface area contributed by atoms with Crippen LogP contribution in [0.4, 0.5) is 5.69 Å². The SMILES string of the molecule is COCC1(C(=O)N2CCCC(S(=O)(=O)N3CCc4ccccc43)C2)CCC1. The van der Waals surface area contributed by atoms with E-state index >= 15 is 0 Å². The average Bonchev–Trinajstić information content (AvgIpc) is 3.09. The number of amides is 1. The van der Waals surface area contributed by atoms with Gasteiger partial charge in [-0.1, -0.05) is 24.6 Å². The molecule has 1 aliphatic carbocycles. The first-order chi connectivity index (χ1) is 13.0. The van der Waals surface area contributed by atoms with Crippen LogP contribution in [0.1, 0.15) is 37.7 Å². The Morgan fingerprint density at radius 2 is 2.00 bits per heavy atom. The van der Waals surface area contributed by atoms with Gasteiger partial charge in [0, 0.05) is 26.7 Å². The number of hydrogen-bond acceptors (Lipinski definition) is 4. The molecule has 0 spiro atoms. The molecule has 1 aromatic rings. The van der Waals surface area contributed by atoms with Gasteiger partial charge in [0.1, 0.15) is 0 Å². The van der Waals surface area contributed by atoms with Gasteiger partial charge in [0.15, 0.2) is 0 Å². The van der Waals surface area contributed by atoms with Crippen LogP contribution in [0.5, 0.6) is 0 Å². The number of methoxy groups -OCH3 is 1. The number of rotatable bonds is 5. The normalized spacial score (nSPS) is 24.4. The summed E-state index contributed by atoms with van der Waals surface area (Å²) in [5, 5.41) is -0.527. The molecule has 0 aromatic heterocycles. The van der Waals surface area contributed by atoms with Crippen LogP contribution < -0.4 is 4.31 Å². The molecule has 0 radical (unpaired) electrons. The summed E-state index contributed by atoms with van der Waals surface area (Å²) >= 11 is 0. The number of fused-ring (bicyclic) bond motifs is 1. The predicted molar refractivity (Wildman–Crippen MR) is 104 cm³/mol. The highest BCUT2D eigenvalue weighted by Crippen LogP contribution is 2.43. The highest BCUT2D eigenvalue weighted by Gasteiger charge is 2.48. The minimum atomic E-state index is -3.48. The number of ether oxygens (including phenoxy) is 1. The Bertz CT molecular complexity index is 819. The molecule has 1 aromatic carbocycles. The van der Waals surface area contributed by atoms with E-state index in [2.05, 4.69) is 0 Å². The number of anilines is 1. The van der Waals surface area contributed by atoms with E-state index in [1.165, 1.54) is 0 Å². The summed E-state index contributed by atoms with van der Waals surface area (Å²) in [6.07, 6.45) is 4.81. The van der Waals surface area contributed by atoms with Crippen molar-refractivity contribution in [1.82, 2.24) is 4.90 Å². The zero-order chi connectivity index (χ0) is 19.1. The van der Waals surface area contributed by atoms with Crippen LogP contribution in [0.2, 0.25) is 0 Å². The molecule has 2 heterocycles. The van der Waals surface area contributed by atoms with Crippen molar-refractivity contribution in [2.75, 3.05) is 37.7 Å². The Morgan fingerprint density at radius 3 is 2.70 bits per heavy atom. The maximum Gasteiger partial charge on any atom is 0.239 e. The molecule has 0 N–H and O–H groups in total. The molecule has 1 unspecified atom stereocenters. The molecule has 1 saturated carbocycles. The Morgan fingerprint density at radius 1 is 1.22 bits per heavy atom. The quantitative estimate of drug-likeness (QED) is 0.770. The number of likely N-dealkylation sites (tertiary alicyclic amines) is 1.